The van der Waals surface area contributed by atoms with Crippen LogP contribution in [-0.4, -0.2) is 28.0 Å². The molecule has 3 aromatic carbocycles. The van der Waals surface area contributed by atoms with Crippen LogP contribution in [0.4, 0.5) is 0 Å². The van der Waals surface area contributed by atoms with Crippen LogP contribution in [0.15, 0.2) is 60.8 Å². The van der Waals surface area contributed by atoms with Crippen molar-refractivity contribution in [3.63, 3.8) is 0 Å². The van der Waals surface area contributed by atoms with Gasteiger partial charge in [-0.25, -0.2) is 9.97 Å². The van der Waals surface area contributed by atoms with E-state index in [0.29, 0.717) is 11.8 Å². The van der Waals surface area contributed by atoms with Crippen LogP contribution < -0.4 is 0 Å². The minimum absolute atomic E-state index is 0.607. The number of nitrogens with one attached hydrogen (secondary N) is 2. The monoisotopic (exact) mass is 490 g/mol. The Morgan fingerprint density at radius 2 is 1.56 bits per heavy atom. The highest BCUT2D eigenvalue weighted by Crippen LogP contribution is 2.41. The van der Waals surface area contributed by atoms with Gasteiger partial charge in [0.15, 0.2) is 0 Å². The molecule has 0 unspecified atom stereocenters. The van der Waals surface area contributed by atoms with Gasteiger partial charge in [-0.2, -0.15) is 0 Å². The van der Waals surface area contributed by atoms with Gasteiger partial charge in [-0.3, -0.25) is 0 Å². The summed E-state index contributed by atoms with van der Waals surface area (Å²) >= 11 is 0. The number of hydrogen-bond acceptors (Lipinski definition) is 2. The van der Waals surface area contributed by atoms with Gasteiger partial charge < -0.3 is 9.97 Å². The molecule has 1 aliphatic heterocycles. The zero-order valence-electron chi connectivity index (χ0n) is 21.3. The molecule has 1 saturated heterocycles. The molecule has 5 aromatic rings. The van der Waals surface area contributed by atoms with Crippen molar-refractivity contribution in [3.8, 4) is 22.4 Å². The van der Waals surface area contributed by atoms with Crippen molar-refractivity contribution in [1.29, 1.82) is 0 Å². The SMILES string of the molecule is C[Si]1(C)CC[C@H](c2nc3c(ccc4cc(-c5ccc(-c6cnc(C7CCCC7)[nH]6)cc5)ccc43)[nH]2)C1. The Morgan fingerprint density at radius 3 is 2.33 bits per heavy atom. The molecule has 1 atom stereocenters. The summed E-state index contributed by atoms with van der Waals surface area (Å²) in [5, 5.41) is 2.49. The summed E-state index contributed by atoms with van der Waals surface area (Å²) in [6, 6.07) is 22.9. The lowest BCUT2D eigenvalue weighted by Gasteiger charge is -2.13. The third-order valence-corrected chi connectivity index (χ3v) is 11.9. The zero-order chi connectivity index (χ0) is 24.3. The van der Waals surface area contributed by atoms with E-state index >= 15 is 0 Å². The fraction of sp³-hybridized carbons (Fsp3) is 0.355. The van der Waals surface area contributed by atoms with Crippen LogP contribution in [0.2, 0.25) is 25.2 Å². The molecule has 2 N–H and O–H groups in total. The van der Waals surface area contributed by atoms with Crippen molar-refractivity contribution in [2.45, 2.75) is 69.1 Å². The summed E-state index contributed by atoms with van der Waals surface area (Å²) in [6.07, 6.45) is 8.47. The average Bonchev–Trinajstić information content (AvgIpc) is 3.69. The number of rotatable bonds is 4. The van der Waals surface area contributed by atoms with Crippen LogP contribution in [0.25, 0.3) is 44.2 Å². The molecule has 0 radical (unpaired) electrons. The molecular formula is C31H34N4Si. The van der Waals surface area contributed by atoms with Crippen LogP contribution in [-0.2, 0) is 0 Å². The predicted octanol–water partition coefficient (Wildman–Crippen LogP) is 8.63. The molecule has 5 heteroatoms. The molecule has 1 aliphatic carbocycles. The first-order valence-corrected chi connectivity index (χ1v) is 17.0. The topological polar surface area (TPSA) is 57.4 Å². The van der Waals surface area contributed by atoms with Crippen molar-refractivity contribution in [3.05, 3.63) is 72.4 Å². The number of aromatic amines is 2. The smallest absolute Gasteiger partial charge is 0.110 e. The number of hydrogen-bond donors (Lipinski definition) is 2. The Balaban J connectivity index is 1.16. The summed E-state index contributed by atoms with van der Waals surface area (Å²) in [5.41, 5.74) is 7.07. The molecule has 2 aromatic heterocycles. The first kappa shape index (κ1) is 22.0. The lowest BCUT2D eigenvalue weighted by atomic mass is 9.99. The van der Waals surface area contributed by atoms with E-state index in [-0.39, 0.29) is 0 Å². The van der Waals surface area contributed by atoms with E-state index in [2.05, 4.69) is 82.6 Å². The quantitative estimate of drug-likeness (QED) is 0.248. The van der Waals surface area contributed by atoms with Crippen molar-refractivity contribution >= 4 is 29.9 Å². The number of benzene rings is 3. The summed E-state index contributed by atoms with van der Waals surface area (Å²) in [7, 11) is -1.03. The summed E-state index contributed by atoms with van der Waals surface area (Å²) < 4.78 is 0. The average molecular weight is 491 g/mol. The van der Waals surface area contributed by atoms with Crippen LogP contribution in [0, 0.1) is 0 Å². The van der Waals surface area contributed by atoms with E-state index in [1.165, 1.54) is 77.5 Å². The fourth-order valence-electron chi connectivity index (χ4n) is 6.60. The second kappa shape index (κ2) is 8.44. The Kier molecular flexibility index (Phi) is 5.17. The Labute approximate surface area is 213 Å². The Bertz CT molecular complexity index is 1550. The maximum absolute atomic E-state index is 5.12. The van der Waals surface area contributed by atoms with Crippen LogP contribution in [0.5, 0.6) is 0 Å². The highest BCUT2D eigenvalue weighted by molar-refractivity contribution is 6.78. The van der Waals surface area contributed by atoms with Gasteiger partial charge in [0.25, 0.3) is 0 Å². The highest BCUT2D eigenvalue weighted by atomic mass is 28.3. The minimum Gasteiger partial charge on any atom is -0.342 e. The standard InChI is InChI=1S/C31H34N4Si/c1-36(2)16-15-25(19-36)31-33-27-14-12-24-17-23(11-13-26(24)29(27)35-31)20-7-9-21(10-8-20)28-18-32-30(34-28)22-5-3-4-6-22/h7-14,17-18,22,25H,3-6,15-16,19H2,1-2H3,(H,32,34)(H,33,35)/t25-/m0/s1. The van der Waals surface area contributed by atoms with E-state index in [4.69, 9.17) is 4.98 Å². The minimum atomic E-state index is -1.03. The molecule has 4 nitrogen and oxygen atoms in total. The molecule has 36 heavy (non-hydrogen) atoms. The summed E-state index contributed by atoms with van der Waals surface area (Å²) in [6.45, 7) is 5.03. The Hall–Kier alpha value is -3.18. The molecule has 0 spiro atoms. The maximum atomic E-state index is 5.12. The van der Waals surface area contributed by atoms with Crippen molar-refractivity contribution < 1.29 is 0 Å². The van der Waals surface area contributed by atoms with E-state index in [0.717, 1.165) is 22.6 Å². The number of nitrogens with zero attached hydrogens (tertiary/aromatic N) is 2. The molecule has 182 valence electrons. The third kappa shape index (κ3) is 3.90. The number of imidazole rings is 2. The first-order valence-electron chi connectivity index (χ1n) is 13.6. The highest BCUT2D eigenvalue weighted by Gasteiger charge is 2.35. The van der Waals surface area contributed by atoms with E-state index in [9.17, 15) is 0 Å². The summed E-state index contributed by atoms with van der Waals surface area (Å²) in [4.78, 5) is 17.0. The molecular weight excluding hydrogens is 456 g/mol. The predicted molar refractivity (Wildman–Crippen MR) is 152 cm³/mol. The lowest BCUT2D eigenvalue weighted by Crippen LogP contribution is -2.19. The second-order valence-electron chi connectivity index (χ2n) is 11.9. The van der Waals surface area contributed by atoms with Crippen LogP contribution >= 0.6 is 0 Å². The second-order valence-corrected chi connectivity index (χ2v) is 17.1. The van der Waals surface area contributed by atoms with Crippen molar-refractivity contribution in [2.24, 2.45) is 0 Å². The number of H-pyrrole nitrogens is 2. The van der Waals surface area contributed by atoms with Gasteiger partial charge in [-0.15, -0.1) is 0 Å². The number of fused-ring (bicyclic) bond motifs is 3. The summed E-state index contributed by atoms with van der Waals surface area (Å²) in [5.74, 6) is 3.58. The van der Waals surface area contributed by atoms with E-state index in [1.807, 2.05) is 6.20 Å². The zero-order valence-corrected chi connectivity index (χ0v) is 22.3. The normalized spacial score (nSPS) is 20.1. The van der Waals surface area contributed by atoms with Crippen molar-refractivity contribution in [1.82, 2.24) is 19.9 Å². The van der Waals surface area contributed by atoms with E-state index in [1.54, 1.807) is 0 Å². The van der Waals surface area contributed by atoms with Crippen LogP contribution in [0.3, 0.4) is 0 Å². The van der Waals surface area contributed by atoms with E-state index < -0.39 is 8.07 Å². The van der Waals surface area contributed by atoms with Gasteiger partial charge in [0.1, 0.15) is 11.6 Å². The fourth-order valence-corrected chi connectivity index (χ4v) is 9.66. The van der Waals surface area contributed by atoms with Gasteiger partial charge >= 0.3 is 0 Å². The van der Waals surface area contributed by atoms with Crippen LogP contribution in [0.1, 0.15) is 55.6 Å². The van der Waals surface area contributed by atoms with Gasteiger partial charge in [-0.05, 0) is 59.5 Å². The molecule has 2 aliphatic rings. The third-order valence-electron chi connectivity index (χ3n) is 8.71. The molecule has 2 fully saturated rings. The first-order chi connectivity index (χ1) is 17.5. The maximum Gasteiger partial charge on any atom is 0.110 e. The molecule has 3 heterocycles. The van der Waals surface area contributed by atoms with Crippen molar-refractivity contribution in [2.75, 3.05) is 0 Å². The number of aromatic nitrogens is 4. The van der Waals surface area contributed by atoms with Gasteiger partial charge in [0.2, 0.25) is 0 Å². The molecule has 0 bridgehead atoms. The molecule has 7 rings (SSSR count). The lowest BCUT2D eigenvalue weighted by molar-refractivity contribution is 0.679. The van der Waals surface area contributed by atoms with Gasteiger partial charge in [0.05, 0.1) is 22.9 Å². The van der Waals surface area contributed by atoms with Gasteiger partial charge in [-0.1, -0.05) is 74.4 Å². The largest absolute Gasteiger partial charge is 0.342 e. The Morgan fingerprint density at radius 1 is 0.778 bits per heavy atom. The molecule has 0 amide bonds. The van der Waals surface area contributed by atoms with Gasteiger partial charge in [0, 0.05) is 25.3 Å². The molecule has 1 saturated carbocycles.